The molecule has 4 heteroatoms. The predicted octanol–water partition coefficient (Wildman–Crippen LogP) is 1.69. The Balaban J connectivity index is 2.08. The Labute approximate surface area is 108 Å². The summed E-state index contributed by atoms with van der Waals surface area (Å²) in [4.78, 5) is 11.6. The summed E-state index contributed by atoms with van der Waals surface area (Å²) in [6, 6.07) is 7.67. The molecule has 1 atom stereocenters. The minimum absolute atomic E-state index is 0.261. The quantitative estimate of drug-likeness (QED) is 0.852. The van der Waals surface area contributed by atoms with Crippen LogP contribution in [0.25, 0.3) is 0 Å². The molecule has 1 aliphatic heterocycles. The highest BCUT2D eigenvalue weighted by molar-refractivity contribution is 5.83. The van der Waals surface area contributed by atoms with Crippen LogP contribution in [0.4, 0.5) is 5.69 Å². The molecule has 2 rings (SSSR count). The number of carbonyl (C=O) groups excluding carboxylic acids is 1. The summed E-state index contributed by atoms with van der Waals surface area (Å²) in [6.45, 7) is 3.45. The summed E-state index contributed by atoms with van der Waals surface area (Å²) in [5, 5.41) is 3.26. The number of hydrogen-bond acceptors (Lipinski definition) is 3. The normalized spacial score (nSPS) is 18.3. The molecule has 1 aliphatic rings. The van der Waals surface area contributed by atoms with Crippen molar-refractivity contribution in [3.05, 3.63) is 29.8 Å². The van der Waals surface area contributed by atoms with Crippen LogP contribution >= 0.6 is 0 Å². The van der Waals surface area contributed by atoms with Crippen LogP contribution in [0, 0.1) is 12.8 Å². The molecule has 1 unspecified atom stereocenters. The first kappa shape index (κ1) is 12.9. The van der Waals surface area contributed by atoms with E-state index in [4.69, 9.17) is 10.5 Å². The molecule has 3 N–H and O–H groups in total. The molecule has 1 aromatic rings. The van der Waals surface area contributed by atoms with Crippen LogP contribution in [0.1, 0.15) is 18.4 Å². The molecule has 4 nitrogen and oxygen atoms in total. The van der Waals surface area contributed by atoms with E-state index in [-0.39, 0.29) is 17.9 Å². The van der Waals surface area contributed by atoms with Gasteiger partial charge in [0.1, 0.15) is 6.04 Å². The van der Waals surface area contributed by atoms with Crippen LogP contribution in [-0.4, -0.2) is 25.2 Å². The van der Waals surface area contributed by atoms with Crippen molar-refractivity contribution in [1.29, 1.82) is 0 Å². The van der Waals surface area contributed by atoms with Gasteiger partial charge in [-0.1, -0.05) is 12.1 Å². The lowest BCUT2D eigenvalue weighted by atomic mass is 9.91. The molecular weight excluding hydrogens is 228 g/mol. The molecule has 1 saturated heterocycles. The summed E-state index contributed by atoms with van der Waals surface area (Å²) < 4.78 is 5.32. The Morgan fingerprint density at radius 2 is 2.17 bits per heavy atom. The number of nitrogens with one attached hydrogen (secondary N) is 1. The second kappa shape index (κ2) is 5.87. The van der Waals surface area contributed by atoms with E-state index in [1.807, 2.05) is 31.2 Å². The molecule has 1 fully saturated rings. The van der Waals surface area contributed by atoms with E-state index in [1.165, 1.54) is 0 Å². The zero-order chi connectivity index (χ0) is 13.0. The number of benzene rings is 1. The van der Waals surface area contributed by atoms with Gasteiger partial charge in [-0.3, -0.25) is 4.79 Å². The average Bonchev–Trinajstić information content (AvgIpc) is 2.37. The number of aryl methyl sites for hydroxylation is 1. The fraction of sp³-hybridized carbons (Fsp3) is 0.500. The van der Waals surface area contributed by atoms with Gasteiger partial charge >= 0.3 is 0 Å². The summed E-state index contributed by atoms with van der Waals surface area (Å²) in [5.74, 6) is -0.0276. The molecule has 98 valence electrons. The lowest BCUT2D eigenvalue weighted by Gasteiger charge is -2.29. The Morgan fingerprint density at radius 1 is 1.44 bits per heavy atom. The number of amides is 1. The van der Waals surface area contributed by atoms with Gasteiger partial charge in [0.2, 0.25) is 5.91 Å². The highest BCUT2D eigenvalue weighted by Crippen LogP contribution is 2.22. The lowest BCUT2D eigenvalue weighted by Crippen LogP contribution is -2.43. The van der Waals surface area contributed by atoms with Crippen LogP contribution < -0.4 is 11.1 Å². The standard InChI is InChI=1S/C14H20N2O2/c1-10-3-2-4-12(9-10)16-13(14(15)17)11-5-7-18-8-6-11/h2-4,9,11,13,16H,5-8H2,1H3,(H2,15,17). The first-order chi connectivity index (χ1) is 8.66. The number of hydrogen-bond donors (Lipinski definition) is 2. The summed E-state index contributed by atoms with van der Waals surface area (Å²) in [5.41, 5.74) is 7.62. The van der Waals surface area contributed by atoms with E-state index in [2.05, 4.69) is 5.32 Å². The van der Waals surface area contributed by atoms with Gasteiger partial charge in [0.05, 0.1) is 0 Å². The van der Waals surface area contributed by atoms with Crippen molar-refractivity contribution >= 4 is 11.6 Å². The Kier molecular flexibility index (Phi) is 4.20. The maximum absolute atomic E-state index is 11.6. The van der Waals surface area contributed by atoms with Crippen LogP contribution in [0.5, 0.6) is 0 Å². The van der Waals surface area contributed by atoms with E-state index in [0.29, 0.717) is 13.2 Å². The molecule has 0 saturated carbocycles. The molecule has 1 aromatic carbocycles. The van der Waals surface area contributed by atoms with Crippen LogP contribution in [0.2, 0.25) is 0 Å². The van der Waals surface area contributed by atoms with Crippen LogP contribution in [-0.2, 0) is 9.53 Å². The van der Waals surface area contributed by atoms with Gasteiger partial charge in [0.25, 0.3) is 0 Å². The minimum atomic E-state index is -0.310. The molecule has 0 spiro atoms. The smallest absolute Gasteiger partial charge is 0.240 e. The maximum atomic E-state index is 11.6. The molecule has 1 amide bonds. The van der Waals surface area contributed by atoms with Gasteiger partial charge < -0.3 is 15.8 Å². The molecular formula is C14H20N2O2. The Hall–Kier alpha value is -1.55. The first-order valence-corrected chi connectivity index (χ1v) is 6.37. The van der Waals surface area contributed by atoms with E-state index >= 15 is 0 Å². The predicted molar refractivity (Wildman–Crippen MR) is 71.3 cm³/mol. The third-order valence-electron chi connectivity index (χ3n) is 3.38. The molecule has 18 heavy (non-hydrogen) atoms. The SMILES string of the molecule is Cc1cccc(NC(C(N)=O)C2CCOCC2)c1. The van der Waals surface area contributed by atoms with Gasteiger partial charge in [-0.15, -0.1) is 0 Å². The third-order valence-corrected chi connectivity index (χ3v) is 3.38. The van der Waals surface area contributed by atoms with Crippen LogP contribution in [0.3, 0.4) is 0 Å². The maximum Gasteiger partial charge on any atom is 0.240 e. The zero-order valence-electron chi connectivity index (χ0n) is 10.7. The lowest BCUT2D eigenvalue weighted by molar-refractivity contribution is -0.120. The Morgan fingerprint density at radius 3 is 2.78 bits per heavy atom. The van der Waals surface area contributed by atoms with Gasteiger partial charge in [-0.05, 0) is 43.4 Å². The van der Waals surface area contributed by atoms with Crippen molar-refractivity contribution in [1.82, 2.24) is 0 Å². The molecule has 1 heterocycles. The Bertz CT molecular complexity index is 414. The number of carbonyl (C=O) groups is 1. The monoisotopic (exact) mass is 248 g/mol. The number of anilines is 1. The minimum Gasteiger partial charge on any atom is -0.381 e. The highest BCUT2D eigenvalue weighted by atomic mass is 16.5. The number of ether oxygens (including phenoxy) is 1. The fourth-order valence-corrected chi connectivity index (χ4v) is 2.38. The fourth-order valence-electron chi connectivity index (χ4n) is 2.38. The molecule has 0 bridgehead atoms. The van der Waals surface area contributed by atoms with Gasteiger partial charge in [-0.2, -0.15) is 0 Å². The number of rotatable bonds is 4. The van der Waals surface area contributed by atoms with Crippen molar-refractivity contribution in [2.24, 2.45) is 11.7 Å². The second-order valence-electron chi connectivity index (χ2n) is 4.84. The number of nitrogens with two attached hydrogens (primary N) is 1. The number of primary amides is 1. The molecule has 0 aromatic heterocycles. The molecule has 0 radical (unpaired) electrons. The summed E-state index contributed by atoms with van der Waals surface area (Å²) in [6.07, 6.45) is 1.76. The molecule has 0 aliphatic carbocycles. The zero-order valence-corrected chi connectivity index (χ0v) is 10.7. The van der Waals surface area contributed by atoms with E-state index in [0.717, 1.165) is 24.1 Å². The van der Waals surface area contributed by atoms with Gasteiger partial charge in [-0.25, -0.2) is 0 Å². The largest absolute Gasteiger partial charge is 0.381 e. The summed E-state index contributed by atoms with van der Waals surface area (Å²) in [7, 11) is 0. The van der Waals surface area contributed by atoms with Gasteiger partial charge in [0, 0.05) is 18.9 Å². The van der Waals surface area contributed by atoms with Crippen molar-refractivity contribution in [2.45, 2.75) is 25.8 Å². The van der Waals surface area contributed by atoms with E-state index < -0.39 is 0 Å². The average molecular weight is 248 g/mol. The third kappa shape index (κ3) is 3.23. The van der Waals surface area contributed by atoms with Crippen molar-refractivity contribution in [3.63, 3.8) is 0 Å². The summed E-state index contributed by atoms with van der Waals surface area (Å²) >= 11 is 0. The van der Waals surface area contributed by atoms with Crippen molar-refractivity contribution in [3.8, 4) is 0 Å². The first-order valence-electron chi connectivity index (χ1n) is 6.37. The van der Waals surface area contributed by atoms with E-state index in [9.17, 15) is 4.79 Å². The van der Waals surface area contributed by atoms with Crippen molar-refractivity contribution < 1.29 is 9.53 Å². The topological polar surface area (TPSA) is 64.3 Å². The van der Waals surface area contributed by atoms with Crippen molar-refractivity contribution in [2.75, 3.05) is 18.5 Å². The highest BCUT2D eigenvalue weighted by Gasteiger charge is 2.28. The van der Waals surface area contributed by atoms with Crippen LogP contribution in [0.15, 0.2) is 24.3 Å². The second-order valence-corrected chi connectivity index (χ2v) is 4.84. The van der Waals surface area contributed by atoms with Gasteiger partial charge in [0.15, 0.2) is 0 Å². The van der Waals surface area contributed by atoms with E-state index in [1.54, 1.807) is 0 Å².